The molecular weight excluding hydrogens is 302 g/mol. The van der Waals surface area contributed by atoms with Gasteiger partial charge in [0, 0.05) is 13.1 Å². The number of fused-ring (bicyclic) bond motifs is 2. The molecule has 4 saturated heterocycles. The summed E-state index contributed by atoms with van der Waals surface area (Å²) in [6, 6.07) is 0. The zero-order valence-corrected chi connectivity index (χ0v) is 14.2. The molecule has 1 N–H and O–H groups in total. The minimum absolute atomic E-state index is 0.000239. The highest BCUT2D eigenvalue weighted by Gasteiger charge is 2.51. The summed E-state index contributed by atoms with van der Waals surface area (Å²) < 4.78 is 35.1. The van der Waals surface area contributed by atoms with Crippen LogP contribution in [-0.4, -0.2) is 74.5 Å². The van der Waals surface area contributed by atoms with Crippen molar-refractivity contribution in [2.75, 3.05) is 26.3 Å². The molecule has 6 atom stereocenters. The molecule has 7 nitrogen and oxygen atoms in total. The molecule has 0 aromatic carbocycles. The average molecular weight is 329 g/mol. The van der Waals surface area contributed by atoms with Crippen molar-refractivity contribution in [3.05, 3.63) is 0 Å². The Morgan fingerprint density at radius 3 is 1.61 bits per heavy atom. The predicted octanol–water partition coefficient (Wildman–Crippen LogP) is 0.414. The highest BCUT2D eigenvalue weighted by molar-refractivity contribution is 4.95. The zero-order chi connectivity index (χ0) is 16.2. The number of rotatable bonds is 4. The molecule has 4 fully saturated rings. The Balaban J connectivity index is 1.25. The van der Waals surface area contributed by atoms with Gasteiger partial charge in [-0.15, -0.1) is 0 Å². The molecule has 4 aliphatic rings. The molecule has 4 rings (SSSR count). The smallest absolute Gasteiger partial charge is 0.164 e. The van der Waals surface area contributed by atoms with Gasteiger partial charge < -0.3 is 33.7 Å². The van der Waals surface area contributed by atoms with Crippen molar-refractivity contribution >= 4 is 0 Å². The van der Waals surface area contributed by atoms with E-state index in [1.807, 2.05) is 27.7 Å². The standard InChI is InChI=1S/C16H27NO6/c1-15(2)20-11-7-18-9(13(11)22-15)5-17-6-10-14-12(8-19-10)21-16(3,4)23-14/h9-14,17H,5-8H2,1-4H3/t9-,10-,11-,12-,13-,14+/m1/s1. The third-order valence-corrected chi connectivity index (χ3v) is 4.82. The van der Waals surface area contributed by atoms with Crippen LogP contribution < -0.4 is 5.32 Å². The number of hydrogen-bond acceptors (Lipinski definition) is 7. The second-order valence-electron chi connectivity index (χ2n) is 7.68. The SMILES string of the molecule is CC1(C)O[C@@H]2[C@@H](CNC[C@H]3OC[C@H]4OC(C)(C)O[C@@H]34)OC[C@H]2O1. The van der Waals surface area contributed by atoms with Gasteiger partial charge in [-0.3, -0.25) is 0 Å². The normalized spacial score (nSPS) is 47.0. The monoisotopic (exact) mass is 329 g/mol. The lowest BCUT2D eigenvalue weighted by Crippen LogP contribution is -2.43. The third-order valence-electron chi connectivity index (χ3n) is 4.82. The Kier molecular flexibility index (Phi) is 3.96. The molecule has 0 spiro atoms. The fourth-order valence-electron chi connectivity index (χ4n) is 3.96. The van der Waals surface area contributed by atoms with Gasteiger partial charge in [0.25, 0.3) is 0 Å². The van der Waals surface area contributed by atoms with Crippen molar-refractivity contribution in [1.29, 1.82) is 0 Å². The van der Waals surface area contributed by atoms with E-state index in [1.54, 1.807) is 0 Å². The number of hydrogen-bond donors (Lipinski definition) is 1. The Morgan fingerprint density at radius 2 is 1.17 bits per heavy atom. The van der Waals surface area contributed by atoms with E-state index in [-0.39, 0.29) is 36.6 Å². The average Bonchev–Trinajstić information content (AvgIpc) is 3.11. The summed E-state index contributed by atoms with van der Waals surface area (Å²) in [5.74, 6) is -1.03. The largest absolute Gasteiger partial charge is 0.371 e. The molecule has 4 heterocycles. The van der Waals surface area contributed by atoms with E-state index in [0.717, 1.165) is 0 Å². The van der Waals surface area contributed by atoms with Crippen molar-refractivity contribution in [3.63, 3.8) is 0 Å². The Hall–Kier alpha value is -0.280. The maximum Gasteiger partial charge on any atom is 0.164 e. The van der Waals surface area contributed by atoms with Crippen LogP contribution >= 0.6 is 0 Å². The summed E-state index contributed by atoms with van der Waals surface area (Å²) in [6.45, 7) is 10.4. The Bertz CT molecular complexity index is 416. The van der Waals surface area contributed by atoms with Crippen molar-refractivity contribution in [2.45, 2.75) is 75.9 Å². The first-order valence-electron chi connectivity index (χ1n) is 8.48. The van der Waals surface area contributed by atoms with Gasteiger partial charge in [0.1, 0.15) is 24.4 Å². The second kappa shape index (κ2) is 5.62. The van der Waals surface area contributed by atoms with E-state index >= 15 is 0 Å². The number of ether oxygens (including phenoxy) is 6. The van der Waals surface area contributed by atoms with Crippen LogP contribution in [0.3, 0.4) is 0 Å². The fourth-order valence-corrected chi connectivity index (χ4v) is 3.96. The molecular formula is C16H27NO6. The van der Waals surface area contributed by atoms with Crippen molar-refractivity contribution < 1.29 is 28.4 Å². The van der Waals surface area contributed by atoms with Crippen LogP contribution in [0.5, 0.6) is 0 Å². The highest BCUT2D eigenvalue weighted by Crippen LogP contribution is 2.36. The maximum absolute atomic E-state index is 5.94. The molecule has 132 valence electrons. The molecule has 0 radical (unpaired) electrons. The predicted molar refractivity (Wildman–Crippen MR) is 80.0 cm³/mol. The third kappa shape index (κ3) is 3.16. The van der Waals surface area contributed by atoms with Crippen LogP contribution in [0.4, 0.5) is 0 Å². The minimum atomic E-state index is -0.514. The van der Waals surface area contributed by atoms with Gasteiger partial charge in [0.05, 0.1) is 25.4 Å². The topological polar surface area (TPSA) is 67.4 Å². The first-order valence-corrected chi connectivity index (χ1v) is 8.48. The van der Waals surface area contributed by atoms with Crippen LogP contribution in [0, 0.1) is 0 Å². The summed E-state index contributed by atoms with van der Waals surface area (Å²) in [5.41, 5.74) is 0. The van der Waals surface area contributed by atoms with Crippen LogP contribution in [0.1, 0.15) is 27.7 Å². The van der Waals surface area contributed by atoms with Crippen molar-refractivity contribution in [3.8, 4) is 0 Å². The molecule has 0 amide bonds. The van der Waals surface area contributed by atoms with Gasteiger partial charge in [-0.2, -0.15) is 0 Å². The van der Waals surface area contributed by atoms with E-state index in [2.05, 4.69) is 5.32 Å². The van der Waals surface area contributed by atoms with E-state index in [1.165, 1.54) is 0 Å². The van der Waals surface area contributed by atoms with Crippen LogP contribution in [0.25, 0.3) is 0 Å². The molecule has 0 aliphatic carbocycles. The maximum atomic E-state index is 5.94. The second-order valence-corrected chi connectivity index (χ2v) is 7.68. The van der Waals surface area contributed by atoms with E-state index in [4.69, 9.17) is 28.4 Å². The van der Waals surface area contributed by atoms with E-state index in [9.17, 15) is 0 Å². The summed E-state index contributed by atoms with van der Waals surface area (Å²) in [4.78, 5) is 0. The van der Waals surface area contributed by atoms with Crippen molar-refractivity contribution in [1.82, 2.24) is 5.32 Å². The highest BCUT2D eigenvalue weighted by atomic mass is 16.8. The number of nitrogens with one attached hydrogen (secondary N) is 1. The lowest BCUT2D eigenvalue weighted by molar-refractivity contribution is -0.176. The van der Waals surface area contributed by atoms with Gasteiger partial charge in [-0.05, 0) is 27.7 Å². The summed E-state index contributed by atoms with van der Waals surface area (Å²) in [5, 5.41) is 3.43. The lowest BCUT2D eigenvalue weighted by Gasteiger charge is -2.24. The molecule has 23 heavy (non-hydrogen) atoms. The lowest BCUT2D eigenvalue weighted by atomic mass is 10.1. The quantitative estimate of drug-likeness (QED) is 0.801. The van der Waals surface area contributed by atoms with Gasteiger partial charge in [0.15, 0.2) is 11.6 Å². The molecule has 7 heteroatoms. The molecule has 0 unspecified atom stereocenters. The van der Waals surface area contributed by atoms with Crippen LogP contribution in [-0.2, 0) is 28.4 Å². The Morgan fingerprint density at radius 1 is 0.739 bits per heavy atom. The molecule has 0 aromatic heterocycles. The molecule has 0 saturated carbocycles. The summed E-state index contributed by atoms with van der Waals surface area (Å²) >= 11 is 0. The van der Waals surface area contributed by atoms with Crippen LogP contribution in [0.2, 0.25) is 0 Å². The zero-order valence-electron chi connectivity index (χ0n) is 14.2. The van der Waals surface area contributed by atoms with Crippen molar-refractivity contribution in [2.24, 2.45) is 0 Å². The van der Waals surface area contributed by atoms with E-state index in [0.29, 0.717) is 26.3 Å². The van der Waals surface area contributed by atoms with Crippen LogP contribution in [0.15, 0.2) is 0 Å². The van der Waals surface area contributed by atoms with E-state index < -0.39 is 11.6 Å². The molecule has 0 bridgehead atoms. The first-order chi connectivity index (χ1) is 10.8. The fraction of sp³-hybridized carbons (Fsp3) is 1.00. The van der Waals surface area contributed by atoms with Gasteiger partial charge in [-0.1, -0.05) is 0 Å². The van der Waals surface area contributed by atoms with Gasteiger partial charge in [-0.25, -0.2) is 0 Å². The van der Waals surface area contributed by atoms with Gasteiger partial charge in [0.2, 0.25) is 0 Å². The Labute approximate surface area is 136 Å². The first kappa shape index (κ1) is 16.2. The van der Waals surface area contributed by atoms with Gasteiger partial charge >= 0.3 is 0 Å². The minimum Gasteiger partial charge on any atom is -0.371 e. The summed E-state index contributed by atoms with van der Waals surface area (Å²) in [7, 11) is 0. The molecule has 0 aromatic rings. The summed E-state index contributed by atoms with van der Waals surface area (Å²) in [6.07, 6.45) is 0.0966. The molecule has 4 aliphatic heterocycles.